The number of methoxy groups -OCH3 is 1. The third-order valence-corrected chi connectivity index (χ3v) is 2.23. The first-order valence-corrected chi connectivity index (χ1v) is 4.46. The summed E-state index contributed by atoms with van der Waals surface area (Å²) in [7, 11) is 1.13. The first kappa shape index (κ1) is 12.5. The van der Waals surface area contributed by atoms with Gasteiger partial charge in [-0.15, -0.1) is 0 Å². The molecule has 0 aliphatic carbocycles. The van der Waals surface area contributed by atoms with Crippen molar-refractivity contribution in [3.05, 3.63) is 26.0 Å². The summed E-state index contributed by atoms with van der Waals surface area (Å²) in [6.07, 6.45) is 0. The Morgan fingerprint density at radius 1 is 1.56 bits per heavy atom. The van der Waals surface area contributed by atoms with Gasteiger partial charge in [0.25, 0.3) is 0 Å². The number of nitro groups is 1. The summed E-state index contributed by atoms with van der Waals surface area (Å²) < 4.78 is 4.64. The van der Waals surface area contributed by atoms with Crippen LogP contribution in [-0.2, 0) is 0 Å². The van der Waals surface area contributed by atoms with Gasteiger partial charge in [0.15, 0.2) is 15.9 Å². The average molecular weight is 267 g/mol. The van der Waals surface area contributed by atoms with Crippen molar-refractivity contribution in [2.45, 2.75) is 0 Å². The predicted octanol–water partition coefficient (Wildman–Crippen LogP) is 2.00. The summed E-state index contributed by atoms with van der Waals surface area (Å²) in [5.74, 6) is -1.89. The lowest BCUT2D eigenvalue weighted by Crippen LogP contribution is -2.06. The van der Waals surface area contributed by atoms with E-state index in [9.17, 15) is 14.9 Å². The van der Waals surface area contributed by atoms with Gasteiger partial charge in [0.2, 0.25) is 5.75 Å². The SMILES string of the molecule is COc1c(Cl)nc(C(=O)O)c(Cl)c1[N+](=O)[O-]. The van der Waals surface area contributed by atoms with E-state index >= 15 is 0 Å². The van der Waals surface area contributed by atoms with Crippen molar-refractivity contribution in [2.24, 2.45) is 0 Å². The van der Waals surface area contributed by atoms with Crippen LogP contribution in [0.15, 0.2) is 0 Å². The Morgan fingerprint density at radius 2 is 2.12 bits per heavy atom. The van der Waals surface area contributed by atoms with E-state index in [2.05, 4.69) is 9.72 Å². The summed E-state index contributed by atoms with van der Waals surface area (Å²) in [5, 5.41) is 18.3. The van der Waals surface area contributed by atoms with Crippen molar-refractivity contribution in [2.75, 3.05) is 7.11 Å². The number of rotatable bonds is 3. The summed E-state index contributed by atoms with van der Waals surface area (Å²) >= 11 is 11.1. The molecule has 0 saturated heterocycles. The molecule has 0 spiro atoms. The second-order valence-electron chi connectivity index (χ2n) is 2.51. The molecule has 0 amide bonds. The molecule has 86 valence electrons. The molecule has 1 N–H and O–H groups in total. The van der Waals surface area contributed by atoms with Crippen LogP contribution in [0.25, 0.3) is 0 Å². The highest BCUT2D eigenvalue weighted by molar-refractivity contribution is 6.37. The van der Waals surface area contributed by atoms with Crippen LogP contribution in [0, 0.1) is 10.1 Å². The number of halogens is 2. The van der Waals surface area contributed by atoms with E-state index in [1.54, 1.807) is 0 Å². The van der Waals surface area contributed by atoms with Gasteiger partial charge in [0.05, 0.1) is 12.0 Å². The molecule has 0 atom stereocenters. The highest BCUT2D eigenvalue weighted by Crippen LogP contribution is 2.40. The summed E-state index contributed by atoms with van der Waals surface area (Å²) in [4.78, 5) is 23.9. The van der Waals surface area contributed by atoms with Crippen molar-refractivity contribution >= 4 is 34.9 Å². The largest absolute Gasteiger partial charge is 0.488 e. The van der Waals surface area contributed by atoms with Gasteiger partial charge in [-0.3, -0.25) is 10.1 Å². The van der Waals surface area contributed by atoms with Crippen molar-refractivity contribution in [1.82, 2.24) is 4.98 Å². The Bertz CT molecular complexity index is 476. The standard InChI is InChI=1S/C7H4Cl2N2O5/c1-16-5-4(11(14)15)2(8)3(7(12)13)10-6(5)9/h1H3,(H,12,13). The van der Waals surface area contributed by atoms with Crippen LogP contribution in [0.5, 0.6) is 5.75 Å². The smallest absolute Gasteiger partial charge is 0.356 e. The number of carboxylic acid groups (broad SMARTS) is 1. The maximum atomic E-state index is 10.7. The van der Waals surface area contributed by atoms with Crippen LogP contribution in [0.4, 0.5) is 5.69 Å². The van der Waals surface area contributed by atoms with E-state index in [0.717, 1.165) is 7.11 Å². The summed E-state index contributed by atoms with van der Waals surface area (Å²) in [5.41, 5.74) is -1.42. The molecule has 1 aromatic heterocycles. The van der Waals surface area contributed by atoms with Gasteiger partial charge in [-0.25, -0.2) is 9.78 Å². The molecular weight excluding hydrogens is 263 g/mol. The quantitative estimate of drug-likeness (QED) is 0.510. The molecule has 0 aliphatic heterocycles. The number of hydrogen-bond acceptors (Lipinski definition) is 5. The van der Waals surface area contributed by atoms with Gasteiger partial charge in [-0.05, 0) is 0 Å². The molecule has 0 saturated carbocycles. The first-order valence-electron chi connectivity index (χ1n) is 3.70. The second-order valence-corrected chi connectivity index (χ2v) is 3.25. The molecule has 1 rings (SSSR count). The van der Waals surface area contributed by atoms with Crippen molar-refractivity contribution in [3.63, 3.8) is 0 Å². The number of hydrogen-bond donors (Lipinski definition) is 1. The average Bonchev–Trinajstić information content (AvgIpc) is 2.19. The van der Waals surface area contributed by atoms with Crippen molar-refractivity contribution < 1.29 is 19.6 Å². The Morgan fingerprint density at radius 3 is 2.50 bits per heavy atom. The minimum Gasteiger partial charge on any atom is -0.488 e. The zero-order valence-corrected chi connectivity index (χ0v) is 9.24. The second kappa shape index (κ2) is 4.50. The molecule has 1 aromatic rings. The number of nitrogens with zero attached hydrogens (tertiary/aromatic N) is 2. The first-order chi connectivity index (χ1) is 7.40. The zero-order chi connectivity index (χ0) is 12.5. The minimum absolute atomic E-state index is 0.373. The van der Waals surface area contributed by atoms with E-state index in [4.69, 9.17) is 28.3 Å². The number of aromatic nitrogens is 1. The lowest BCUT2D eigenvalue weighted by Gasteiger charge is -2.06. The highest BCUT2D eigenvalue weighted by atomic mass is 35.5. The molecular formula is C7H4Cl2N2O5. The number of carboxylic acids is 1. The molecule has 0 bridgehead atoms. The van der Waals surface area contributed by atoms with Gasteiger partial charge < -0.3 is 9.84 Å². The molecule has 0 radical (unpaired) electrons. The van der Waals surface area contributed by atoms with E-state index in [-0.39, 0.29) is 5.75 Å². The Kier molecular flexibility index (Phi) is 3.51. The van der Waals surface area contributed by atoms with E-state index in [1.165, 1.54) is 0 Å². The molecule has 0 aromatic carbocycles. The highest BCUT2D eigenvalue weighted by Gasteiger charge is 2.30. The predicted molar refractivity (Wildman–Crippen MR) is 54.4 cm³/mol. The van der Waals surface area contributed by atoms with Crippen LogP contribution in [0.3, 0.4) is 0 Å². The molecule has 0 aliphatic rings. The molecule has 9 heteroatoms. The summed E-state index contributed by atoms with van der Waals surface area (Å²) in [6, 6.07) is 0. The van der Waals surface area contributed by atoms with Crippen molar-refractivity contribution in [1.29, 1.82) is 0 Å². The van der Waals surface area contributed by atoms with Crippen LogP contribution >= 0.6 is 23.2 Å². The van der Waals surface area contributed by atoms with Crippen molar-refractivity contribution in [3.8, 4) is 5.75 Å². The number of ether oxygens (including phenoxy) is 1. The third kappa shape index (κ3) is 2.00. The van der Waals surface area contributed by atoms with Gasteiger partial charge in [0, 0.05) is 0 Å². The Hall–Kier alpha value is -1.60. The van der Waals surface area contributed by atoms with Gasteiger partial charge >= 0.3 is 11.7 Å². The van der Waals surface area contributed by atoms with E-state index in [1.807, 2.05) is 0 Å². The van der Waals surface area contributed by atoms with Crippen LogP contribution in [-0.4, -0.2) is 28.1 Å². The van der Waals surface area contributed by atoms with Gasteiger partial charge in [-0.2, -0.15) is 0 Å². The Labute approximate surface area is 98.7 Å². The number of carbonyl (C=O) groups is 1. The normalized spacial score (nSPS) is 9.94. The fourth-order valence-electron chi connectivity index (χ4n) is 0.993. The Balaban J connectivity index is 3.65. The number of pyridine rings is 1. The molecule has 16 heavy (non-hydrogen) atoms. The monoisotopic (exact) mass is 266 g/mol. The van der Waals surface area contributed by atoms with Gasteiger partial charge in [-0.1, -0.05) is 23.2 Å². The number of aromatic carboxylic acids is 1. The lowest BCUT2D eigenvalue weighted by atomic mass is 10.3. The minimum atomic E-state index is -1.52. The maximum absolute atomic E-state index is 10.7. The third-order valence-electron chi connectivity index (χ3n) is 1.62. The fraction of sp³-hybridized carbons (Fsp3) is 0.143. The van der Waals surface area contributed by atoms with Crippen LogP contribution in [0.1, 0.15) is 10.5 Å². The summed E-state index contributed by atoms with van der Waals surface area (Å²) in [6.45, 7) is 0. The molecule has 1 heterocycles. The molecule has 7 nitrogen and oxygen atoms in total. The topological polar surface area (TPSA) is 103 Å². The van der Waals surface area contributed by atoms with Gasteiger partial charge in [0.1, 0.15) is 0 Å². The maximum Gasteiger partial charge on any atom is 0.356 e. The molecule has 0 unspecified atom stereocenters. The van der Waals surface area contributed by atoms with Crippen LogP contribution in [0.2, 0.25) is 10.2 Å². The molecule has 0 fully saturated rings. The zero-order valence-electron chi connectivity index (χ0n) is 7.73. The van der Waals surface area contributed by atoms with E-state index in [0.29, 0.717) is 0 Å². The van der Waals surface area contributed by atoms with Crippen LogP contribution < -0.4 is 4.74 Å². The van der Waals surface area contributed by atoms with E-state index < -0.39 is 32.4 Å². The lowest BCUT2D eigenvalue weighted by molar-refractivity contribution is -0.385. The fourth-order valence-corrected chi connectivity index (χ4v) is 1.52.